The van der Waals surface area contributed by atoms with E-state index in [0.717, 1.165) is 24.2 Å². The predicted molar refractivity (Wildman–Crippen MR) is 83.6 cm³/mol. The monoisotopic (exact) mass is 286 g/mol. The maximum Gasteiger partial charge on any atom is 0.221 e. The predicted octanol–water partition coefficient (Wildman–Crippen LogP) is 2.90. The average Bonchev–Trinajstić information content (AvgIpc) is 3.34. The van der Waals surface area contributed by atoms with Crippen molar-refractivity contribution in [2.45, 2.75) is 31.8 Å². The summed E-state index contributed by atoms with van der Waals surface area (Å²) in [6.07, 6.45) is 5.40. The fourth-order valence-corrected chi connectivity index (χ4v) is 2.40. The highest BCUT2D eigenvalue weighted by Gasteiger charge is 2.20. The SMILES string of the molecule is COCCCOc1ncc(CNC2CC2)c2ccccc12. The van der Waals surface area contributed by atoms with Gasteiger partial charge < -0.3 is 14.8 Å². The Morgan fingerprint density at radius 3 is 2.76 bits per heavy atom. The van der Waals surface area contributed by atoms with E-state index in [-0.39, 0.29) is 0 Å². The summed E-state index contributed by atoms with van der Waals surface area (Å²) in [4.78, 5) is 4.50. The van der Waals surface area contributed by atoms with Gasteiger partial charge in [0, 0.05) is 44.3 Å². The lowest BCUT2D eigenvalue weighted by Crippen LogP contribution is -2.15. The van der Waals surface area contributed by atoms with Gasteiger partial charge in [0.2, 0.25) is 5.88 Å². The van der Waals surface area contributed by atoms with Crippen molar-refractivity contribution < 1.29 is 9.47 Å². The number of aromatic nitrogens is 1. The highest BCUT2D eigenvalue weighted by atomic mass is 16.5. The van der Waals surface area contributed by atoms with E-state index >= 15 is 0 Å². The van der Waals surface area contributed by atoms with Crippen molar-refractivity contribution in [3.05, 3.63) is 36.0 Å². The number of methoxy groups -OCH3 is 1. The summed E-state index contributed by atoms with van der Waals surface area (Å²) in [5.74, 6) is 0.719. The molecule has 0 saturated heterocycles. The molecule has 0 spiro atoms. The number of hydrogen-bond donors (Lipinski definition) is 1. The average molecular weight is 286 g/mol. The lowest BCUT2D eigenvalue weighted by Gasteiger charge is -2.12. The smallest absolute Gasteiger partial charge is 0.221 e. The second kappa shape index (κ2) is 6.87. The van der Waals surface area contributed by atoms with Crippen LogP contribution in [0.2, 0.25) is 0 Å². The Balaban J connectivity index is 1.76. The van der Waals surface area contributed by atoms with Gasteiger partial charge in [0.25, 0.3) is 0 Å². The summed E-state index contributed by atoms with van der Waals surface area (Å²) in [5, 5.41) is 5.86. The number of nitrogens with one attached hydrogen (secondary N) is 1. The van der Waals surface area contributed by atoms with Crippen molar-refractivity contribution in [2.75, 3.05) is 20.3 Å². The third-order valence-electron chi connectivity index (χ3n) is 3.73. The van der Waals surface area contributed by atoms with Crippen LogP contribution in [0.5, 0.6) is 5.88 Å². The van der Waals surface area contributed by atoms with Crippen LogP contribution in [0.15, 0.2) is 30.5 Å². The van der Waals surface area contributed by atoms with Crippen molar-refractivity contribution in [3.8, 4) is 5.88 Å². The molecule has 1 heterocycles. The molecule has 0 atom stereocenters. The molecule has 1 fully saturated rings. The molecule has 1 saturated carbocycles. The van der Waals surface area contributed by atoms with E-state index in [2.05, 4.69) is 28.5 Å². The Morgan fingerprint density at radius 1 is 1.19 bits per heavy atom. The number of benzene rings is 1. The Hall–Kier alpha value is -1.65. The van der Waals surface area contributed by atoms with Crippen LogP contribution >= 0.6 is 0 Å². The Kier molecular flexibility index (Phi) is 4.68. The van der Waals surface area contributed by atoms with Gasteiger partial charge in [-0.1, -0.05) is 18.2 Å². The minimum atomic E-state index is 0.629. The first-order valence-corrected chi connectivity index (χ1v) is 7.60. The number of hydrogen-bond acceptors (Lipinski definition) is 4. The zero-order valence-electron chi connectivity index (χ0n) is 12.5. The van der Waals surface area contributed by atoms with Crippen LogP contribution in [-0.4, -0.2) is 31.3 Å². The maximum atomic E-state index is 5.80. The second-order valence-corrected chi connectivity index (χ2v) is 5.48. The van der Waals surface area contributed by atoms with Crippen LogP contribution in [0, 0.1) is 0 Å². The maximum absolute atomic E-state index is 5.80. The summed E-state index contributed by atoms with van der Waals surface area (Å²) < 4.78 is 10.8. The topological polar surface area (TPSA) is 43.4 Å². The van der Waals surface area contributed by atoms with Gasteiger partial charge in [0.1, 0.15) is 0 Å². The van der Waals surface area contributed by atoms with Crippen LogP contribution < -0.4 is 10.1 Å². The van der Waals surface area contributed by atoms with Crippen LogP contribution in [-0.2, 0) is 11.3 Å². The second-order valence-electron chi connectivity index (χ2n) is 5.48. The number of ether oxygens (including phenoxy) is 2. The zero-order chi connectivity index (χ0) is 14.5. The fraction of sp³-hybridized carbons (Fsp3) is 0.471. The highest BCUT2D eigenvalue weighted by Crippen LogP contribution is 2.27. The molecule has 2 aromatic rings. The van der Waals surface area contributed by atoms with E-state index in [1.54, 1.807) is 7.11 Å². The van der Waals surface area contributed by atoms with Gasteiger partial charge in [-0.25, -0.2) is 4.98 Å². The van der Waals surface area contributed by atoms with Gasteiger partial charge in [0.05, 0.1) is 6.61 Å². The van der Waals surface area contributed by atoms with Gasteiger partial charge in [-0.2, -0.15) is 0 Å². The molecular weight excluding hydrogens is 264 g/mol. The Bertz CT molecular complexity index is 596. The standard InChI is InChI=1S/C17H22N2O2/c1-20-9-4-10-21-17-16-6-3-2-5-15(16)13(12-19-17)11-18-14-7-8-14/h2-3,5-6,12,14,18H,4,7-11H2,1H3. The molecule has 21 heavy (non-hydrogen) atoms. The van der Waals surface area contributed by atoms with Gasteiger partial charge in [-0.05, 0) is 29.9 Å². The van der Waals surface area contributed by atoms with Crippen molar-refractivity contribution >= 4 is 10.8 Å². The first kappa shape index (κ1) is 14.3. The summed E-state index contributed by atoms with van der Waals surface area (Å²) in [5.41, 5.74) is 1.24. The molecule has 112 valence electrons. The fourth-order valence-electron chi connectivity index (χ4n) is 2.40. The Labute approximate surface area is 125 Å². The van der Waals surface area contributed by atoms with Crippen LogP contribution in [0.25, 0.3) is 10.8 Å². The highest BCUT2D eigenvalue weighted by molar-refractivity contribution is 5.89. The van der Waals surface area contributed by atoms with Crippen molar-refractivity contribution in [2.24, 2.45) is 0 Å². The van der Waals surface area contributed by atoms with Gasteiger partial charge in [0.15, 0.2) is 0 Å². The molecule has 4 nitrogen and oxygen atoms in total. The van der Waals surface area contributed by atoms with E-state index in [0.29, 0.717) is 19.3 Å². The molecule has 1 aliphatic rings. The third-order valence-corrected chi connectivity index (χ3v) is 3.73. The molecule has 0 unspecified atom stereocenters. The van der Waals surface area contributed by atoms with E-state index in [9.17, 15) is 0 Å². The molecule has 0 amide bonds. The van der Waals surface area contributed by atoms with Crippen LogP contribution in [0.3, 0.4) is 0 Å². The zero-order valence-corrected chi connectivity index (χ0v) is 12.5. The third kappa shape index (κ3) is 3.71. The molecule has 4 heteroatoms. The van der Waals surface area contributed by atoms with Crippen molar-refractivity contribution in [1.82, 2.24) is 10.3 Å². The molecule has 1 aliphatic carbocycles. The largest absolute Gasteiger partial charge is 0.477 e. The summed E-state index contributed by atoms with van der Waals surface area (Å²) >= 11 is 0. The van der Waals surface area contributed by atoms with E-state index < -0.39 is 0 Å². The number of fused-ring (bicyclic) bond motifs is 1. The minimum Gasteiger partial charge on any atom is -0.477 e. The number of pyridine rings is 1. The van der Waals surface area contributed by atoms with Gasteiger partial charge in [-0.15, -0.1) is 0 Å². The molecule has 1 aromatic carbocycles. The Morgan fingerprint density at radius 2 is 2.00 bits per heavy atom. The van der Waals surface area contributed by atoms with Crippen molar-refractivity contribution in [1.29, 1.82) is 0 Å². The summed E-state index contributed by atoms with van der Waals surface area (Å²) in [6, 6.07) is 9.02. The summed E-state index contributed by atoms with van der Waals surface area (Å²) in [7, 11) is 1.70. The van der Waals surface area contributed by atoms with Crippen LogP contribution in [0.1, 0.15) is 24.8 Å². The number of rotatable bonds is 8. The summed E-state index contributed by atoms with van der Waals surface area (Å²) in [6.45, 7) is 2.22. The normalized spacial score (nSPS) is 14.5. The quantitative estimate of drug-likeness (QED) is 0.758. The molecule has 3 rings (SSSR count). The first-order valence-electron chi connectivity index (χ1n) is 7.60. The van der Waals surface area contributed by atoms with E-state index in [1.807, 2.05) is 12.3 Å². The van der Waals surface area contributed by atoms with Crippen molar-refractivity contribution in [3.63, 3.8) is 0 Å². The number of nitrogens with zero attached hydrogens (tertiary/aromatic N) is 1. The molecular formula is C17H22N2O2. The molecule has 1 aromatic heterocycles. The first-order chi connectivity index (χ1) is 10.4. The molecule has 1 N–H and O–H groups in total. The lowest BCUT2D eigenvalue weighted by molar-refractivity contribution is 0.171. The van der Waals surface area contributed by atoms with E-state index in [4.69, 9.17) is 9.47 Å². The minimum absolute atomic E-state index is 0.629. The van der Waals surface area contributed by atoms with Gasteiger partial charge in [-0.3, -0.25) is 0 Å². The van der Waals surface area contributed by atoms with Crippen LogP contribution in [0.4, 0.5) is 0 Å². The molecule has 0 aliphatic heterocycles. The molecule has 0 radical (unpaired) electrons. The lowest BCUT2D eigenvalue weighted by atomic mass is 10.1. The van der Waals surface area contributed by atoms with Gasteiger partial charge >= 0.3 is 0 Å². The molecule has 0 bridgehead atoms. The van der Waals surface area contributed by atoms with E-state index in [1.165, 1.54) is 23.8 Å².